The molecule has 1 unspecified atom stereocenters. The smallest absolute Gasteiger partial charge is 0.475 e. The van der Waals surface area contributed by atoms with Crippen molar-refractivity contribution in [1.29, 1.82) is 0 Å². The van der Waals surface area contributed by atoms with Gasteiger partial charge in [0, 0.05) is 25.0 Å². The number of carbonyl (C=O) groups excluding carboxylic acids is 1. The Kier molecular flexibility index (Phi) is 12.1. The molecule has 1 atom stereocenters. The normalized spacial score (nSPS) is 16.2. The number of rotatable bonds is 7. The third-order valence-corrected chi connectivity index (χ3v) is 4.57. The van der Waals surface area contributed by atoms with Gasteiger partial charge < -0.3 is 15.3 Å². The van der Waals surface area contributed by atoms with Crippen molar-refractivity contribution >= 4 is 11.9 Å². The molecule has 1 heterocycles. The van der Waals surface area contributed by atoms with Crippen molar-refractivity contribution in [3.05, 3.63) is 11.6 Å². The van der Waals surface area contributed by atoms with E-state index in [9.17, 15) is 18.0 Å². The number of halogens is 3. The van der Waals surface area contributed by atoms with Gasteiger partial charge in [0.15, 0.2) is 0 Å². The van der Waals surface area contributed by atoms with E-state index < -0.39 is 12.1 Å². The molecule has 1 aliphatic heterocycles. The van der Waals surface area contributed by atoms with Gasteiger partial charge in [-0.25, -0.2) is 4.79 Å². The van der Waals surface area contributed by atoms with Crippen LogP contribution in [0, 0.1) is 11.8 Å². The van der Waals surface area contributed by atoms with Crippen molar-refractivity contribution in [1.82, 2.24) is 10.2 Å². The Balaban J connectivity index is 0.000000887. The van der Waals surface area contributed by atoms with Gasteiger partial charge in [-0.3, -0.25) is 4.79 Å². The van der Waals surface area contributed by atoms with E-state index in [1.165, 1.54) is 12.0 Å². The van der Waals surface area contributed by atoms with Crippen LogP contribution >= 0.6 is 0 Å². The third kappa shape index (κ3) is 12.0. The summed E-state index contributed by atoms with van der Waals surface area (Å²) in [6, 6.07) is 0.580. The fourth-order valence-corrected chi connectivity index (χ4v) is 2.81. The SMILES string of the molecule is CC(C)=CCCC(C)NCC1CCN(C(=O)C(C)C)CC1.O=C(O)C(F)(F)F. The second-order valence-electron chi connectivity index (χ2n) is 7.89. The maximum atomic E-state index is 11.9. The molecule has 0 aromatic rings. The number of amides is 1. The average molecular weight is 409 g/mol. The lowest BCUT2D eigenvalue weighted by Gasteiger charge is -2.33. The number of likely N-dealkylation sites (tertiary alicyclic amines) is 1. The van der Waals surface area contributed by atoms with Crippen LogP contribution in [-0.4, -0.2) is 53.7 Å². The van der Waals surface area contributed by atoms with E-state index in [0.29, 0.717) is 11.9 Å². The van der Waals surface area contributed by atoms with Crippen LogP contribution in [0.3, 0.4) is 0 Å². The predicted octanol–water partition coefficient (Wildman–Crippen LogP) is 4.24. The molecule has 1 aliphatic rings. The van der Waals surface area contributed by atoms with Gasteiger partial charge in [-0.2, -0.15) is 13.2 Å². The molecular formula is C20H35F3N2O3. The molecule has 164 valence electrons. The van der Waals surface area contributed by atoms with E-state index >= 15 is 0 Å². The molecule has 1 rings (SSSR count). The number of nitrogens with one attached hydrogen (secondary N) is 1. The molecule has 28 heavy (non-hydrogen) atoms. The van der Waals surface area contributed by atoms with Crippen LogP contribution in [-0.2, 0) is 9.59 Å². The summed E-state index contributed by atoms with van der Waals surface area (Å²) < 4.78 is 31.7. The molecule has 1 amide bonds. The number of carboxylic acids is 1. The Morgan fingerprint density at radius 2 is 1.68 bits per heavy atom. The summed E-state index contributed by atoms with van der Waals surface area (Å²) in [6.07, 6.45) is 1.89. The summed E-state index contributed by atoms with van der Waals surface area (Å²) in [4.78, 5) is 22.9. The van der Waals surface area contributed by atoms with Crippen molar-refractivity contribution in [2.75, 3.05) is 19.6 Å². The summed E-state index contributed by atoms with van der Waals surface area (Å²) in [6.45, 7) is 13.5. The topological polar surface area (TPSA) is 69.6 Å². The number of alkyl halides is 3. The summed E-state index contributed by atoms with van der Waals surface area (Å²) in [5, 5.41) is 10.8. The molecule has 8 heteroatoms. The van der Waals surface area contributed by atoms with E-state index in [4.69, 9.17) is 9.90 Å². The van der Waals surface area contributed by atoms with E-state index in [-0.39, 0.29) is 5.92 Å². The molecule has 0 spiro atoms. The third-order valence-electron chi connectivity index (χ3n) is 4.57. The standard InChI is InChI=1S/C18H34N2O.C2HF3O2/c1-14(2)7-6-8-16(5)19-13-17-9-11-20(12-10-17)18(21)15(3)4;3-2(4,5)1(6)7/h7,15-17,19H,6,8-13H2,1-5H3;(H,6,7). The zero-order valence-electron chi connectivity index (χ0n) is 17.6. The second kappa shape index (κ2) is 12.8. The van der Waals surface area contributed by atoms with Gasteiger partial charge in [0.1, 0.15) is 0 Å². The number of piperidine rings is 1. The summed E-state index contributed by atoms with van der Waals surface area (Å²) >= 11 is 0. The largest absolute Gasteiger partial charge is 0.490 e. The number of allylic oxidation sites excluding steroid dienone is 2. The van der Waals surface area contributed by atoms with Crippen LogP contribution in [0.25, 0.3) is 0 Å². The van der Waals surface area contributed by atoms with E-state index in [0.717, 1.165) is 44.8 Å². The summed E-state index contributed by atoms with van der Waals surface area (Å²) in [5.41, 5.74) is 1.41. The zero-order chi connectivity index (χ0) is 21.9. The lowest BCUT2D eigenvalue weighted by Crippen LogP contribution is -2.43. The highest BCUT2D eigenvalue weighted by Crippen LogP contribution is 2.18. The lowest BCUT2D eigenvalue weighted by molar-refractivity contribution is -0.192. The van der Waals surface area contributed by atoms with Gasteiger partial charge >= 0.3 is 12.1 Å². The van der Waals surface area contributed by atoms with Crippen molar-refractivity contribution in [2.45, 2.75) is 72.5 Å². The highest BCUT2D eigenvalue weighted by atomic mass is 19.4. The van der Waals surface area contributed by atoms with Gasteiger partial charge in [-0.05, 0) is 58.9 Å². The van der Waals surface area contributed by atoms with E-state index in [1.54, 1.807) is 0 Å². The highest BCUT2D eigenvalue weighted by Gasteiger charge is 2.38. The quantitative estimate of drug-likeness (QED) is 0.618. The van der Waals surface area contributed by atoms with Gasteiger partial charge in [-0.15, -0.1) is 0 Å². The van der Waals surface area contributed by atoms with Crippen molar-refractivity contribution < 1.29 is 27.9 Å². The molecule has 0 aliphatic carbocycles. The first kappa shape index (κ1) is 26.4. The number of nitrogens with zero attached hydrogens (tertiary/aromatic N) is 1. The molecular weight excluding hydrogens is 373 g/mol. The van der Waals surface area contributed by atoms with Gasteiger partial charge in [0.2, 0.25) is 5.91 Å². The molecule has 5 nitrogen and oxygen atoms in total. The zero-order valence-corrected chi connectivity index (χ0v) is 17.6. The van der Waals surface area contributed by atoms with Crippen LogP contribution < -0.4 is 5.32 Å². The van der Waals surface area contributed by atoms with Crippen LogP contribution in [0.5, 0.6) is 0 Å². The number of carboxylic acid groups (broad SMARTS) is 1. The Labute approximate surface area is 166 Å². The van der Waals surface area contributed by atoms with Gasteiger partial charge in [0.25, 0.3) is 0 Å². The van der Waals surface area contributed by atoms with Gasteiger partial charge in [0.05, 0.1) is 0 Å². The molecule has 2 N–H and O–H groups in total. The Bertz CT molecular complexity index is 507. The lowest BCUT2D eigenvalue weighted by atomic mass is 9.95. The Hall–Kier alpha value is -1.57. The first-order valence-electron chi connectivity index (χ1n) is 9.80. The van der Waals surface area contributed by atoms with Crippen LogP contribution in [0.2, 0.25) is 0 Å². The summed E-state index contributed by atoms with van der Waals surface area (Å²) in [5.74, 6) is -1.58. The fraction of sp³-hybridized carbons (Fsp3) is 0.800. The van der Waals surface area contributed by atoms with Crippen molar-refractivity contribution in [3.63, 3.8) is 0 Å². The van der Waals surface area contributed by atoms with Crippen LogP contribution in [0.15, 0.2) is 11.6 Å². The molecule has 1 fully saturated rings. The maximum absolute atomic E-state index is 11.9. The monoisotopic (exact) mass is 408 g/mol. The molecule has 0 bridgehead atoms. The minimum atomic E-state index is -5.08. The second-order valence-corrected chi connectivity index (χ2v) is 7.89. The minimum Gasteiger partial charge on any atom is -0.475 e. The average Bonchev–Trinajstić information content (AvgIpc) is 2.59. The first-order chi connectivity index (χ1) is 12.8. The van der Waals surface area contributed by atoms with Gasteiger partial charge in [-0.1, -0.05) is 25.5 Å². The Morgan fingerprint density at radius 1 is 1.18 bits per heavy atom. The molecule has 1 saturated heterocycles. The minimum absolute atomic E-state index is 0.134. The molecule has 0 aromatic heterocycles. The van der Waals surface area contributed by atoms with Crippen molar-refractivity contribution in [3.8, 4) is 0 Å². The Morgan fingerprint density at radius 3 is 2.07 bits per heavy atom. The fourth-order valence-electron chi connectivity index (χ4n) is 2.81. The molecule has 0 radical (unpaired) electrons. The van der Waals surface area contributed by atoms with E-state index in [1.807, 2.05) is 18.7 Å². The number of hydrogen-bond acceptors (Lipinski definition) is 3. The predicted molar refractivity (Wildman–Crippen MR) is 104 cm³/mol. The summed E-state index contributed by atoms with van der Waals surface area (Å²) in [7, 11) is 0. The first-order valence-corrected chi connectivity index (χ1v) is 9.80. The van der Waals surface area contributed by atoms with Crippen molar-refractivity contribution in [2.24, 2.45) is 11.8 Å². The highest BCUT2D eigenvalue weighted by molar-refractivity contribution is 5.78. The maximum Gasteiger partial charge on any atom is 0.490 e. The van der Waals surface area contributed by atoms with Crippen LogP contribution in [0.4, 0.5) is 13.2 Å². The number of carbonyl (C=O) groups is 2. The molecule has 0 aromatic carbocycles. The number of aliphatic carboxylic acids is 1. The van der Waals surface area contributed by atoms with E-state index in [2.05, 4.69) is 32.2 Å². The number of hydrogen-bond donors (Lipinski definition) is 2. The molecule has 0 saturated carbocycles. The van der Waals surface area contributed by atoms with Crippen LogP contribution in [0.1, 0.15) is 60.3 Å².